The zero-order valence-electron chi connectivity index (χ0n) is 15.1. The normalized spacial score (nSPS) is 14.9. The van der Waals surface area contributed by atoms with Gasteiger partial charge in [-0.1, -0.05) is 12.1 Å². The van der Waals surface area contributed by atoms with Crippen molar-refractivity contribution in [3.8, 4) is 0 Å². The van der Waals surface area contributed by atoms with Crippen LogP contribution in [0.5, 0.6) is 0 Å². The maximum Gasteiger partial charge on any atom is 0.225 e. The zero-order chi connectivity index (χ0) is 17.6. The molecule has 1 aromatic carbocycles. The Morgan fingerprint density at radius 3 is 2.54 bits per heavy atom. The molecule has 0 bridgehead atoms. The van der Waals surface area contributed by atoms with Gasteiger partial charge < -0.3 is 15.5 Å². The lowest BCUT2D eigenvalue weighted by molar-refractivity contribution is 0.378. The molecule has 2 aromatic rings. The van der Waals surface area contributed by atoms with Gasteiger partial charge in [0.25, 0.3) is 0 Å². The summed E-state index contributed by atoms with van der Waals surface area (Å²) in [7, 11) is 0. The fourth-order valence-electron chi connectivity index (χ4n) is 2.84. The molecule has 26 heavy (non-hydrogen) atoms. The van der Waals surface area contributed by atoms with Crippen LogP contribution in [-0.4, -0.2) is 53.3 Å². The Morgan fingerprint density at radius 1 is 1.19 bits per heavy atom. The Kier molecular flexibility index (Phi) is 7.95. The molecule has 1 saturated heterocycles. The van der Waals surface area contributed by atoms with E-state index >= 15 is 0 Å². The van der Waals surface area contributed by atoms with Gasteiger partial charge in [-0.05, 0) is 36.4 Å². The Hall–Kier alpha value is -1.55. The summed E-state index contributed by atoms with van der Waals surface area (Å²) in [5.41, 5.74) is 8.71. The Bertz CT molecular complexity index is 732. The number of benzene rings is 1. The SMILES string of the molecule is CSc1cc(C)ccc1CN=C(N)N1CCN(c2ncccn2)CC1.I. The van der Waals surface area contributed by atoms with Crippen LogP contribution < -0.4 is 10.6 Å². The molecular weight excluding hydrogens is 459 g/mol. The number of nitrogens with zero attached hydrogens (tertiary/aromatic N) is 5. The molecule has 0 aliphatic carbocycles. The second-order valence-electron chi connectivity index (χ2n) is 6.01. The fourth-order valence-corrected chi connectivity index (χ4v) is 3.54. The Morgan fingerprint density at radius 2 is 1.88 bits per heavy atom. The molecule has 0 saturated carbocycles. The van der Waals surface area contributed by atoms with Crippen LogP contribution in [0.1, 0.15) is 11.1 Å². The third-order valence-corrected chi connectivity index (χ3v) is 5.11. The van der Waals surface area contributed by atoms with E-state index in [1.165, 1.54) is 16.0 Å². The van der Waals surface area contributed by atoms with E-state index in [0.717, 1.165) is 32.1 Å². The molecule has 8 heteroatoms. The second kappa shape index (κ2) is 9.96. The number of guanidine groups is 1. The number of thioether (sulfide) groups is 1. The van der Waals surface area contributed by atoms with E-state index in [-0.39, 0.29) is 24.0 Å². The maximum absolute atomic E-state index is 6.22. The highest BCUT2D eigenvalue weighted by molar-refractivity contribution is 14.0. The smallest absolute Gasteiger partial charge is 0.225 e. The number of hydrogen-bond acceptors (Lipinski definition) is 5. The van der Waals surface area contributed by atoms with Crippen molar-refractivity contribution in [1.29, 1.82) is 0 Å². The number of halogens is 1. The lowest BCUT2D eigenvalue weighted by Crippen LogP contribution is -2.51. The van der Waals surface area contributed by atoms with E-state index in [0.29, 0.717) is 12.5 Å². The average Bonchev–Trinajstić information content (AvgIpc) is 2.67. The quantitative estimate of drug-likeness (QED) is 0.312. The molecule has 0 radical (unpaired) electrons. The van der Waals surface area contributed by atoms with Gasteiger partial charge in [0.1, 0.15) is 0 Å². The third-order valence-electron chi connectivity index (χ3n) is 4.29. The van der Waals surface area contributed by atoms with Gasteiger partial charge in [-0.3, -0.25) is 0 Å². The lowest BCUT2D eigenvalue weighted by atomic mass is 10.1. The number of anilines is 1. The fraction of sp³-hybridized carbons (Fsp3) is 0.389. The molecule has 1 aromatic heterocycles. The largest absolute Gasteiger partial charge is 0.370 e. The number of aliphatic imine (C=N–C) groups is 1. The minimum Gasteiger partial charge on any atom is -0.370 e. The molecule has 1 aliphatic rings. The predicted octanol–water partition coefficient (Wildman–Crippen LogP) is 2.76. The van der Waals surface area contributed by atoms with Gasteiger partial charge in [-0.2, -0.15) is 0 Å². The standard InChI is InChI=1S/C18H24N6S.HI/c1-14-4-5-15(16(12-14)25-2)13-22-17(19)23-8-10-24(11-9-23)18-20-6-3-7-21-18;/h3-7,12H,8-11,13H2,1-2H3,(H2,19,22);1H. The predicted molar refractivity (Wildman–Crippen MR) is 120 cm³/mol. The highest BCUT2D eigenvalue weighted by Crippen LogP contribution is 2.22. The number of hydrogen-bond donors (Lipinski definition) is 1. The van der Waals surface area contributed by atoms with Gasteiger partial charge in [0.2, 0.25) is 5.95 Å². The number of nitrogens with two attached hydrogens (primary N) is 1. The molecule has 0 unspecified atom stereocenters. The molecular formula is C18H25IN6S. The first-order valence-corrected chi connectivity index (χ1v) is 9.60. The molecule has 3 rings (SSSR count). The second-order valence-corrected chi connectivity index (χ2v) is 6.86. The summed E-state index contributed by atoms with van der Waals surface area (Å²) in [4.78, 5) is 18.8. The van der Waals surface area contributed by atoms with E-state index < -0.39 is 0 Å². The number of piperazine rings is 1. The summed E-state index contributed by atoms with van der Waals surface area (Å²) in [5.74, 6) is 1.39. The minimum absolute atomic E-state index is 0. The van der Waals surface area contributed by atoms with E-state index in [4.69, 9.17) is 5.73 Å². The molecule has 1 fully saturated rings. The van der Waals surface area contributed by atoms with Crippen molar-refractivity contribution in [3.63, 3.8) is 0 Å². The van der Waals surface area contributed by atoms with Crippen molar-refractivity contribution in [2.75, 3.05) is 37.3 Å². The van der Waals surface area contributed by atoms with Crippen LogP contribution in [0.3, 0.4) is 0 Å². The van der Waals surface area contributed by atoms with Gasteiger partial charge in [0.05, 0.1) is 6.54 Å². The zero-order valence-corrected chi connectivity index (χ0v) is 18.3. The summed E-state index contributed by atoms with van der Waals surface area (Å²) < 4.78 is 0. The van der Waals surface area contributed by atoms with Crippen molar-refractivity contribution in [3.05, 3.63) is 47.8 Å². The van der Waals surface area contributed by atoms with Gasteiger partial charge in [0, 0.05) is 43.5 Å². The first-order valence-electron chi connectivity index (χ1n) is 8.37. The van der Waals surface area contributed by atoms with Crippen LogP contribution in [0.2, 0.25) is 0 Å². The van der Waals surface area contributed by atoms with Gasteiger partial charge in [-0.15, -0.1) is 35.7 Å². The minimum atomic E-state index is 0. The summed E-state index contributed by atoms with van der Waals surface area (Å²) >= 11 is 1.75. The van der Waals surface area contributed by atoms with Crippen molar-refractivity contribution >= 4 is 47.6 Å². The van der Waals surface area contributed by atoms with E-state index in [1.54, 1.807) is 24.2 Å². The lowest BCUT2D eigenvalue weighted by Gasteiger charge is -2.35. The van der Waals surface area contributed by atoms with E-state index in [1.807, 2.05) is 6.07 Å². The van der Waals surface area contributed by atoms with Crippen LogP contribution in [0.4, 0.5) is 5.95 Å². The number of rotatable bonds is 4. The van der Waals surface area contributed by atoms with Crippen molar-refractivity contribution in [2.45, 2.75) is 18.4 Å². The first-order chi connectivity index (χ1) is 12.2. The summed E-state index contributed by atoms with van der Waals surface area (Å²) in [6.45, 7) is 6.08. The molecule has 1 aliphatic heterocycles. The van der Waals surface area contributed by atoms with Crippen molar-refractivity contribution < 1.29 is 0 Å². The molecule has 2 heterocycles. The van der Waals surface area contributed by atoms with Crippen molar-refractivity contribution in [2.24, 2.45) is 10.7 Å². The average molecular weight is 484 g/mol. The first kappa shape index (κ1) is 20.8. The molecule has 0 atom stereocenters. The summed E-state index contributed by atoms with van der Waals surface area (Å²) in [6, 6.07) is 8.30. The Labute approximate surface area is 176 Å². The summed E-state index contributed by atoms with van der Waals surface area (Å²) in [5, 5.41) is 0. The van der Waals surface area contributed by atoms with Crippen LogP contribution in [-0.2, 0) is 6.54 Å². The monoisotopic (exact) mass is 484 g/mol. The van der Waals surface area contributed by atoms with Gasteiger partial charge >= 0.3 is 0 Å². The molecule has 140 valence electrons. The highest BCUT2D eigenvalue weighted by atomic mass is 127. The van der Waals surface area contributed by atoms with Crippen LogP contribution in [0.25, 0.3) is 0 Å². The van der Waals surface area contributed by atoms with E-state index in [2.05, 4.69) is 56.1 Å². The van der Waals surface area contributed by atoms with Crippen LogP contribution in [0, 0.1) is 6.92 Å². The topological polar surface area (TPSA) is 70.6 Å². The molecule has 0 amide bonds. The molecule has 6 nitrogen and oxygen atoms in total. The van der Waals surface area contributed by atoms with Gasteiger partial charge in [-0.25, -0.2) is 15.0 Å². The van der Waals surface area contributed by atoms with Crippen LogP contribution >= 0.6 is 35.7 Å². The Balaban J connectivity index is 0.00000243. The van der Waals surface area contributed by atoms with Crippen molar-refractivity contribution in [1.82, 2.24) is 14.9 Å². The summed E-state index contributed by atoms with van der Waals surface area (Å²) in [6.07, 6.45) is 5.64. The number of aromatic nitrogens is 2. The maximum atomic E-state index is 6.22. The molecule has 0 spiro atoms. The van der Waals surface area contributed by atoms with Gasteiger partial charge in [0.15, 0.2) is 5.96 Å². The molecule has 2 N–H and O–H groups in total. The highest BCUT2D eigenvalue weighted by Gasteiger charge is 2.19. The number of aryl methyl sites for hydroxylation is 1. The third kappa shape index (κ3) is 5.23. The van der Waals surface area contributed by atoms with Crippen LogP contribution in [0.15, 0.2) is 46.5 Å². The van der Waals surface area contributed by atoms with E-state index in [9.17, 15) is 0 Å².